The van der Waals surface area contributed by atoms with Crippen molar-refractivity contribution >= 4 is 11.6 Å². The lowest BCUT2D eigenvalue weighted by Crippen LogP contribution is -2.44. The molecule has 1 fully saturated rings. The Morgan fingerprint density at radius 3 is 2.62 bits per heavy atom. The third-order valence-electron chi connectivity index (χ3n) is 7.60. The summed E-state index contributed by atoms with van der Waals surface area (Å²) >= 11 is 0. The molecule has 0 spiro atoms. The minimum absolute atomic E-state index is 0.129. The van der Waals surface area contributed by atoms with Crippen LogP contribution in [0.15, 0.2) is 41.2 Å². The van der Waals surface area contributed by atoms with E-state index in [0.29, 0.717) is 23.6 Å². The number of H-pyrrole nitrogens is 1. The summed E-state index contributed by atoms with van der Waals surface area (Å²) in [5.74, 6) is -0.187. The summed E-state index contributed by atoms with van der Waals surface area (Å²) < 4.78 is 25.2. The zero-order valence-electron chi connectivity index (χ0n) is 21.8. The molecule has 8 heteroatoms. The van der Waals surface area contributed by atoms with Crippen LogP contribution in [0.2, 0.25) is 0 Å². The first-order valence-corrected chi connectivity index (χ1v) is 13.4. The van der Waals surface area contributed by atoms with Gasteiger partial charge in [-0.3, -0.25) is 9.59 Å². The summed E-state index contributed by atoms with van der Waals surface area (Å²) in [6.45, 7) is 4.72. The molecular formula is C29H38F2N4O2. The molecule has 0 atom stereocenters. The lowest BCUT2D eigenvalue weighted by molar-refractivity contribution is 0.0949. The Morgan fingerprint density at radius 1 is 1.11 bits per heavy atom. The van der Waals surface area contributed by atoms with Gasteiger partial charge in [-0.1, -0.05) is 18.2 Å². The molecule has 4 rings (SSSR count). The van der Waals surface area contributed by atoms with Gasteiger partial charge in [0.25, 0.3) is 17.9 Å². The van der Waals surface area contributed by atoms with Crippen LogP contribution >= 0.6 is 0 Å². The van der Waals surface area contributed by atoms with Gasteiger partial charge in [0.2, 0.25) is 0 Å². The van der Waals surface area contributed by atoms with Crippen LogP contribution in [0.5, 0.6) is 0 Å². The van der Waals surface area contributed by atoms with Gasteiger partial charge in [0, 0.05) is 47.7 Å². The lowest BCUT2D eigenvalue weighted by Gasteiger charge is -2.39. The topological polar surface area (TPSA) is 77.2 Å². The molecular weight excluding hydrogens is 474 g/mol. The number of rotatable bonds is 6. The first-order valence-electron chi connectivity index (χ1n) is 13.4. The summed E-state index contributed by atoms with van der Waals surface area (Å²) in [5.41, 5.74) is 4.90. The number of fused-ring (bicyclic) bond motifs is 2. The van der Waals surface area contributed by atoms with E-state index in [1.165, 1.54) is 0 Å². The highest BCUT2D eigenvalue weighted by Gasteiger charge is 2.28. The molecule has 0 radical (unpaired) electrons. The number of nitrogens with zero attached hydrogens (tertiary/aromatic N) is 1. The maximum atomic E-state index is 13.4. The Labute approximate surface area is 217 Å². The quantitative estimate of drug-likeness (QED) is 0.493. The summed E-state index contributed by atoms with van der Waals surface area (Å²) in [6, 6.07) is 8.27. The van der Waals surface area contributed by atoms with Crippen molar-refractivity contribution in [1.82, 2.24) is 15.6 Å². The van der Waals surface area contributed by atoms with Crippen molar-refractivity contribution in [3.63, 3.8) is 0 Å². The lowest BCUT2D eigenvalue weighted by atomic mass is 9.89. The molecule has 3 N–H and O–H groups in total. The van der Waals surface area contributed by atoms with Crippen molar-refractivity contribution < 1.29 is 13.6 Å². The van der Waals surface area contributed by atoms with Crippen molar-refractivity contribution in [2.45, 2.75) is 83.8 Å². The number of alkyl halides is 2. The number of hydrogen-bond donors (Lipinski definition) is 3. The summed E-state index contributed by atoms with van der Waals surface area (Å²) in [7, 11) is 0. The molecule has 0 saturated heterocycles. The van der Waals surface area contributed by atoms with Crippen molar-refractivity contribution in [2.24, 2.45) is 0 Å². The number of hydrogen-bond acceptors (Lipinski definition) is 4. The van der Waals surface area contributed by atoms with Crippen molar-refractivity contribution in [3.8, 4) is 0 Å². The van der Waals surface area contributed by atoms with Crippen LogP contribution in [0.4, 0.5) is 14.5 Å². The Hall–Kier alpha value is -3.00. The molecule has 1 saturated carbocycles. The van der Waals surface area contributed by atoms with Crippen molar-refractivity contribution in [3.05, 3.63) is 74.7 Å². The second-order valence-electron chi connectivity index (χ2n) is 10.1. The van der Waals surface area contributed by atoms with Gasteiger partial charge in [-0.25, -0.2) is 8.78 Å². The molecule has 200 valence electrons. The second kappa shape index (κ2) is 12.5. The van der Waals surface area contributed by atoms with E-state index in [4.69, 9.17) is 0 Å². The molecule has 37 heavy (non-hydrogen) atoms. The van der Waals surface area contributed by atoms with Gasteiger partial charge in [-0.05, 0) is 88.1 Å². The highest BCUT2D eigenvalue weighted by atomic mass is 19.3. The van der Waals surface area contributed by atoms with Crippen LogP contribution in [-0.2, 0) is 19.4 Å². The molecule has 2 aliphatic rings. The molecule has 1 aromatic heterocycles. The highest BCUT2D eigenvalue weighted by molar-refractivity contribution is 5.97. The maximum Gasteiger partial charge on any atom is 0.253 e. The molecule has 1 amide bonds. The van der Waals surface area contributed by atoms with Crippen LogP contribution in [-0.4, -0.2) is 42.5 Å². The standard InChI is InChI=1S/C29H38F2N4O2/c1-3-35(22-14-12-21(13-15-22)32-18-27(30)31)26-11-7-10-24-23(26)9-6-4-5-8-20-16-19(2)34-29(37)25(20)17-33-28(24)36/h4,6-7,10-11,16,21-22,27,32H,3,5,8-9,12-15,17-18H2,1-2H3,(H,33,36)(H,34,37)/t21-,22-. The van der Waals surface area contributed by atoms with E-state index in [1.807, 2.05) is 25.1 Å². The fraction of sp³-hybridized carbons (Fsp3) is 0.517. The van der Waals surface area contributed by atoms with E-state index >= 15 is 0 Å². The second-order valence-corrected chi connectivity index (χ2v) is 10.1. The largest absolute Gasteiger partial charge is 0.369 e. The van der Waals surface area contributed by atoms with Gasteiger partial charge in [0.05, 0.1) is 6.54 Å². The monoisotopic (exact) mass is 512 g/mol. The number of aromatic amines is 1. The number of allylic oxidation sites excluding steroid dienone is 2. The summed E-state index contributed by atoms with van der Waals surface area (Å²) in [6.07, 6.45) is 7.67. The molecule has 6 nitrogen and oxygen atoms in total. The number of halogens is 2. The summed E-state index contributed by atoms with van der Waals surface area (Å²) in [5, 5.41) is 5.99. The minimum Gasteiger partial charge on any atom is -0.369 e. The van der Waals surface area contributed by atoms with Crippen molar-refractivity contribution in [1.29, 1.82) is 0 Å². The van der Waals surface area contributed by atoms with Crippen LogP contribution < -0.4 is 21.1 Å². The number of nitrogens with one attached hydrogen (secondary N) is 3. The van der Waals surface area contributed by atoms with Gasteiger partial charge in [0.1, 0.15) is 0 Å². The smallest absolute Gasteiger partial charge is 0.253 e. The number of aryl methyl sites for hydroxylation is 2. The van der Waals surface area contributed by atoms with Gasteiger partial charge < -0.3 is 20.5 Å². The molecule has 1 aliphatic heterocycles. The fourth-order valence-corrected chi connectivity index (χ4v) is 5.77. The number of carbonyl (C=O) groups excluding carboxylic acids is 1. The number of pyridine rings is 1. The van der Waals surface area contributed by atoms with Gasteiger partial charge in [-0.2, -0.15) is 0 Å². The highest BCUT2D eigenvalue weighted by Crippen LogP contribution is 2.32. The number of carbonyl (C=O) groups is 1. The Bertz CT molecular complexity index is 1170. The van der Waals surface area contributed by atoms with Crippen LogP contribution in [0.1, 0.15) is 71.8 Å². The van der Waals surface area contributed by atoms with E-state index in [0.717, 1.165) is 67.6 Å². The maximum absolute atomic E-state index is 13.4. The van der Waals surface area contributed by atoms with Gasteiger partial charge in [0.15, 0.2) is 0 Å². The molecule has 2 aromatic rings. The van der Waals surface area contributed by atoms with Crippen LogP contribution in [0.25, 0.3) is 0 Å². The van der Waals surface area contributed by atoms with E-state index in [9.17, 15) is 18.4 Å². The average Bonchev–Trinajstić information content (AvgIpc) is 2.87. The number of amides is 1. The van der Waals surface area contributed by atoms with E-state index in [1.54, 1.807) is 0 Å². The minimum atomic E-state index is -2.33. The zero-order chi connectivity index (χ0) is 26.4. The first kappa shape index (κ1) is 27.0. The SMILES string of the molecule is CCN(c1cccc2c1CC=CCCc1cc(C)[nH]c(=O)c1CNC2=O)[C@H]1CC[C@H](NCC(F)F)CC1. The molecule has 1 aromatic carbocycles. The third kappa shape index (κ3) is 6.66. The fourth-order valence-electron chi connectivity index (χ4n) is 5.77. The van der Waals surface area contributed by atoms with Crippen molar-refractivity contribution in [2.75, 3.05) is 18.0 Å². The van der Waals surface area contributed by atoms with Crippen LogP contribution in [0.3, 0.4) is 0 Å². The number of benzene rings is 1. The molecule has 0 unspecified atom stereocenters. The Balaban J connectivity index is 1.58. The van der Waals surface area contributed by atoms with E-state index in [-0.39, 0.29) is 30.6 Å². The van der Waals surface area contributed by atoms with Gasteiger partial charge >= 0.3 is 0 Å². The molecule has 2 heterocycles. The van der Waals surface area contributed by atoms with E-state index < -0.39 is 6.43 Å². The van der Waals surface area contributed by atoms with Crippen LogP contribution in [0, 0.1) is 6.92 Å². The number of aromatic nitrogens is 1. The predicted molar refractivity (Wildman–Crippen MR) is 144 cm³/mol. The average molecular weight is 513 g/mol. The molecule has 1 aliphatic carbocycles. The first-order chi connectivity index (χ1) is 17.9. The normalized spacial score (nSPS) is 20.4. The predicted octanol–water partition coefficient (Wildman–Crippen LogP) is 4.65. The number of anilines is 1. The van der Waals surface area contributed by atoms with Gasteiger partial charge in [-0.15, -0.1) is 0 Å². The zero-order valence-corrected chi connectivity index (χ0v) is 21.8. The Kier molecular flexibility index (Phi) is 9.14. The Morgan fingerprint density at radius 2 is 1.89 bits per heavy atom. The third-order valence-corrected chi connectivity index (χ3v) is 7.60. The molecule has 0 bridgehead atoms. The van der Waals surface area contributed by atoms with E-state index in [2.05, 4.69) is 45.7 Å². The summed E-state index contributed by atoms with van der Waals surface area (Å²) in [4.78, 5) is 31.2.